The van der Waals surface area contributed by atoms with Crippen LogP contribution < -0.4 is 10.2 Å². The van der Waals surface area contributed by atoms with Crippen molar-refractivity contribution in [3.63, 3.8) is 0 Å². The molecule has 1 aromatic heterocycles. The smallest absolute Gasteiger partial charge is 0.251 e. The Morgan fingerprint density at radius 3 is 2.84 bits per heavy atom. The topological polar surface area (TPSA) is 67.2 Å². The highest BCUT2D eigenvalue weighted by Gasteiger charge is 2.34. The molecule has 2 amide bonds. The van der Waals surface area contributed by atoms with Gasteiger partial charge >= 0.3 is 0 Å². The number of rotatable bonds is 3. The van der Waals surface area contributed by atoms with Gasteiger partial charge in [0.2, 0.25) is 5.91 Å². The van der Waals surface area contributed by atoms with Gasteiger partial charge in [-0.25, -0.2) is 0 Å². The van der Waals surface area contributed by atoms with Crippen molar-refractivity contribution < 1.29 is 9.59 Å². The van der Waals surface area contributed by atoms with Crippen molar-refractivity contribution in [3.05, 3.63) is 12.3 Å². The summed E-state index contributed by atoms with van der Waals surface area (Å²) in [4.78, 5) is 25.9. The molecule has 2 rings (SSSR count). The van der Waals surface area contributed by atoms with Gasteiger partial charge in [-0.15, -0.1) is 0 Å². The fraction of sp³-hybridized carbons (Fsp3) is 0.615. The lowest BCUT2D eigenvalue weighted by atomic mass is 9.98. The van der Waals surface area contributed by atoms with Crippen molar-refractivity contribution in [2.75, 3.05) is 11.4 Å². The summed E-state index contributed by atoms with van der Waals surface area (Å²) in [6.45, 7) is 4.37. The molecule has 6 nitrogen and oxygen atoms in total. The third-order valence-corrected chi connectivity index (χ3v) is 3.60. The Kier molecular flexibility index (Phi) is 3.87. The van der Waals surface area contributed by atoms with Gasteiger partial charge in [0, 0.05) is 32.3 Å². The Balaban J connectivity index is 2.28. The number of nitrogens with one attached hydrogen (secondary N) is 1. The maximum atomic E-state index is 12.6. The SMILES string of the molecule is CCC(C)C1NC(=O)CCN(c2ccn(C)n2)C1=O. The summed E-state index contributed by atoms with van der Waals surface area (Å²) in [5.41, 5.74) is 0. The molecule has 2 atom stereocenters. The molecule has 1 saturated heterocycles. The zero-order valence-electron chi connectivity index (χ0n) is 11.6. The number of anilines is 1. The first-order valence-electron chi connectivity index (χ1n) is 6.63. The molecule has 0 aromatic carbocycles. The molecule has 1 aromatic rings. The molecule has 0 aliphatic carbocycles. The van der Waals surface area contributed by atoms with Crippen LogP contribution in [0, 0.1) is 5.92 Å². The normalized spacial score (nSPS) is 22.1. The fourth-order valence-electron chi connectivity index (χ4n) is 2.19. The van der Waals surface area contributed by atoms with Crippen molar-refractivity contribution in [1.82, 2.24) is 15.1 Å². The number of amides is 2. The predicted molar refractivity (Wildman–Crippen MR) is 71.6 cm³/mol. The van der Waals surface area contributed by atoms with Crippen molar-refractivity contribution in [2.45, 2.75) is 32.7 Å². The highest BCUT2D eigenvalue weighted by Crippen LogP contribution is 2.19. The van der Waals surface area contributed by atoms with E-state index in [4.69, 9.17) is 0 Å². The van der Waals surface area contributed by atoms with Crippen LogP contribution in [0.3, 0.4) is 0 Å². The number of nitrogens with zero attached hydrogens (tertiary/aromatic N) is 3. The summed E-state index contributed by atoms with van der Waals surface area (Å²) in [7, 11) is 1.81. The first-order chi connectivity index (χ1) is 9.02. The van der Waals surface area contributed by atoms with Crippen LogP contribution in [0.1, 0.15) is 26.7 Å². The average molecular weight is 264 g/mol. The minimum Gasteiger partial charge on any atom is -0.344 e. The van der Waals surface area contributed by atoms with Crippen molar-refractivity contribution >= 4 is 17.6 Å². The van der Waals surface area contributed by atoms with Gasteiger partial charge in [-0.1, -0.05) is 20.3 Å². The number of carbonyl (C=O) groups excluding carboxylic acids is 2. The van der Waals surface area contributed by atoms with Crippen LogP contribution in [0.2, 0.25) is 0 Å². The Hall–Kier alpha value is -1.85. The highest BCUT2D eigenvalue weighted by molar-refractivity contribution is 6.00. The molecule has 1 N–H and O–H groups in total. The Labute approximate surface area is 112 Å². The third-order valence-electron chi connectivity index (χ3n) is 3.60. The lowest BCUT2D eigenvalue weighted by molar-refractivity contribution is -0.126. The van der Waals surface area contributed by atoms with E-state index < -0.39 is 6.04 Å². The zero-order valence-corrected chi connectivity index (χ0v) is 11.6. The van der Waals surface area contributed by atoms with Gasteiger partial charge in [0.1, 0.15) is 6.04 Å². The first-order valence-corrected chi connectivity index (χ1v) is 6.63. The number of hydrogen-bond donors (Lipinski definition) is 1. The Bertz CT molecular complexity index is 483. The van der Waals surface area contributed by atoms with Gasteiger partial charge in [-0.05, 0) is 5.92 Å². The van der Waals surface area contributed by atoms with Crippen LogP contribution in [0.15, 0.2) is 12.3 Å². The van der Waals surface area contributed by atoms with Gasteiger partial charge in [0.05, 0.1) is 0 Å². The molecule has 2 heterocycles. The van der Waals surface area contributed by atoms with Crippen LogP contribution in [-0.2, 0) is 16.6 Å². The number of aromatic nitrogens is 2. The molecule has 19 heavy (non-hydrogen) atoms. The summed E-state index contributed by atoms with van der Waals surface area (Å²) in [5, 5.41) is 7.07. The molecule has 2 unspecified atom stereocenters. The van der Waals surface area contributed by atoms with Gasteiger partial charge in [-0.2, -0.15) is 5.10 Å². The molecule has 6 heteroatoms. The van der Waals surface area contributed by atoms with Crippen molar-refractivity contribution in [1.29, 1.82) is 0 Å². The lowest BCUT2D eigenvalue weighted by Crippen LogP contribution is -2.48. The summed E-state index contributed by atoms with van der Waals surface area (Å²) in [6.07, 6.45) is 2.95. The van der Waals surface area contributed by atoms with E-state index >= 15 is 0 Å². The van der Waals surface area contributed by atoms with Gasteiger partial charge in [0.25, 0.3) is 5.91 Å². The van der Waals surface area contributed by atoms with Crippen LogP contribution in [0.25, 0.3) is 0 Å². The van der Waals surface area contributed by atoms with Crippen LogP contribution in [0.4, 0.5) is 5.82 Å². The van der Waals surface area contributed by atoms with Crippen LogP contribution in [-0.4, -0.2) is 34.2 Å². The van der Waals surface area contributed by atoms with Crippen LogP contribution in [0.5, 0.6) is 0 Å². The largest absolute Gasteiger partial charge is 0.344 e. The van der Waals surface area contributed by atoms with E-state index in [0.717, 1.165) is 6.42 Å². The lowest BCUT2D eigenvalue weighted by Gasteiger charge is -2.25. The minimum absolute atomic E-state index is 0.0705. The van der Waals surface area contributed by atoms with Gasteiger partial charge in [0.15, 0.2) is 5.82 Å². The fourth-order valence-corrected chi connectivity index (χ4v) is 2.19. The second kappa shape index (κ2) is 5.42. The highest BCUT2D eigenvalue weighted by atomic mass is 16.2. The molecule has 104 valence electrons. The molecule has 1 aliphatic heterocycles. The van der Waals surface area contributed by atoms with E-state index in [0.29, 0.717) is 18.8 Å². The first kappa shape index (κ1) is 13.6. The quantitative estimate of drug-likeness (QED) is 0.873. The maximum Gasteiger partial charge on any atom is 0.251 e. The van der Waals surface area contributed by atoms with Crippen molar-refractivity contribution in [3.8, 4) is 0 Å². The van der Waals surface area contributed by atoms with E-state index in [1.54, 1.807) is 28.9 Å². The standard InChI is InChI=1S/C13H20N4O2/c1-4-9(2)12-13(19)17(8-6-11(18)14-12)10-5-7-16(3)15-10/h5,7,9,12H,4,6,8H2,1-3H3,(H,14,18). The summed E-state index contributed by atoms with van der Waals surface area (Å²) in [5.74, 6) is 0.578. The van der Waals surface area contributed by atoms with E-state index in [-0.39, 0.29) is 17.7 Å². The number of carbonyl (C=O) groups is 2. The molecule has 0 radical (unpaired) electrons. The summed E-state index contributed by atoms with van der Waals surface area (Å²) < 4.78 is 1.65. The third kappa shape index (κ3) is 2.77. The van der Waals surface area contributed by atoms with E-state index in [1.165, 1.54) is 0 Å². The molecule has 0 bridgehead atoms. The van der Waals surface area contributed by atoms with E-state index in [9.17, 15) is 9.59 Å². The second-order valence-electron chi connectivity index (χ2n) is 5.02. The Morgan fingerprint density at radius 2 is 2.26 bits per heavy atom. The second-order valence-corrected chi connectivity index (χ2v) is 5.02. The maximum absolute atomic E-state index is 12.6. The molecule has 1 aliphatic rings. The number of hydrogen-bond acceptors (Lipinski definition) is 3. The molecule has 0 saturated carbocycles. The zero-order chi connectivity index (χ0) is 14.0. The monoisotopic (exact) mass is 264 g/mol. The molecule has 0 spiro atoms. The number of aryl methyl sites for hydroxylation is 1. The summed E-state index contributed by atoms with van der Waals surface area (Å²) >= 11 is 0. The molecule has 1 fully saturated rings. The Morgan fingerprint density at radius 1 is 1.53 bits per heavy atom. The average Bonchev–Trinajstić information content (AvgIpc) is 2.75. The van der Waals surface area contributed by atoms with Crippen molar-refractivity contribution in [2.24, 2.45) is 13.0 Å². The van der Waals surface area contributed by atoms with E-state index in [1.807, 2.05) is 13.8 Å². The van der Waals surface area contributed by atoms with Gasteiger partial charge in [-0.3, -0.25) is 19.2 Å². The van der Waals surface area contributed by atoms with Gasteiger partial charge < -0.3 is 5.32 Å². The molecular weight excluding hydrogens is 244 g/mol. The van der Waals surface area contributed by atoms with Crippen LogP contribution >= 0.6 is 0 Å². The molecular formula is C13H20N4O2. The predicted octanol–water partition coefficient (Wildman–Crippen LogP) is 0.688. The minimum atomic E-state index is -0.456. The summed E-state index contributed by atoms with van der Waals surface area (Å²) in [6, 6.07) is 1.34. The van der Waals surface area contributed by atoms with E-state index in [2.05, 4.69) is 10.4 Å².